The predicted octanol–water partition coefficient (Wildman–Crippen LogP) is 4.02. The highest BCUT2D eigenvalue weighted by Gasteiger charge is 2.61. The minimum atomic E-state index is -0.377. The molecule has 1 aliphatic heterocycles. The molecule has 0 aromatic heterocycles. The van der Waals surface area contributed by atoms with Crippen molar-refractivity contribution in [3.8, 4) is 0 Å². The normalized spacial score (nSPS) is 23.3. The van der Waals surface area contributed by atoms with E-state index >= 15 is 0 Å². The lowest BCUT2D eigenvalue weighted by Crippen LogP contribution is -2.33. The highest BCUT2D eigenvalue weighted by atomic mass is 19.1. The van der Waals surface area contributed by atoms with Crippen molar-refractivity contribution in [2.45, 2.75) is 19.8 Å². The molecule has 1 spiro atoms. The molecule has 3 amide bonds. The number of hydrogen-bond donors (Lipinski definition) is 2. The summed E-state index contributed by atoms with van der Waals surface area (Å²) in [4.78, 5) is 26.8. The Balaban J connectivity index is 1.33. The molecule has 0 radical (unpaired) electrons. The molecule has 2 aromatic rings. The van der Waals surface area contributed by atoms with Crippen LogP contribution in [0, 0.1) is 24.1 Å². The second-order valence-electron chi connectivity index (χ2n) is 7.59. The van der Waals surface area contributed by atoms with Crippen molar-refractivity contribution in [2.75, 3.05) is 23.7 Å². The van der Waals surface area contributed by atoms with Crippen LogP contribution in [-0.2, 0) is 4.79 Å². The summed E-state index contributed by atoms with van der Waals surface area (Å²) in [5.74, 6) is -0.600. The molecule has 140 valence electrons. The van der Waals surface area contributed by atoms with E-state index in [1.54, 1.807) is 17.0 Å². The number of urea groups is 1. The number of nitrogens with zero attached hydrogens (tertiary/aromatic N) is 1. The Labute approximate surface area is 157 Å². The number of aryl methyl sites for hydroxylation is 1. The Morgan fingerprint density at radius 1 is 1.11 bits per heavy atom. The third-order valence-corrected chi connectivity index (χ3v) is 5.57. The fourth-order valence-corrected chi connectivity index (χ4v) is 3.87. The zero-order valence-electron chi connectivity index (χ0n) is 15.2. The van der Waals surface area contributed by atoms with Gasteiger partial charge in [0.15, 0.2) is 0 Å². The fraction of sp³-hybridized carbons (Fsp3) is 0.333. The number of benzene rings is 2. The SMILES string of the molecule is Cc1ccc(NC(=O)N2CC[C@@]3(C[C@@H]3C(=O)Nc3cccc(F)c3)C2)cc1. The Morgan fingerprint density at radius 3 is 2.63 bits per heavy atom. The lowest BCUT2D eigenvalue weighted by molar-refractivity contribution is -0.118. The van der Waals surface area contributed by atoms with Crippen molar-refractivity contribution < 1.29 is 14.0 Å². The quantitative estimate of drug-likeness (QED) is 0.861. The van der Waals surface area contributed by atoms with Crippen molar-refractivity contribution in [2.24, 2.45) is 11.3 Å². The molecule has 0 unspecified atom stereocenters. The van der Waals surface area contributed by atoms with E-state index in [1.807, 2.05) is 31.2 Å². The number of hydrogen-bond acceptors (Lipinski definition) is 2. The van der Waals surface area contributed by atoms with Gasteiger partial charge in [-0.1, -0.05) is 23.8 Å². The van der Waals surface area contributed by atoms with E-state index in [0.29, 0.717) is 18.8 Å². The van der Waals surface area contributed by atoms with E-state index in [1.165, 1.54) is 12.1 Å². The number of anilines is 2. The van der Waals surface area contributed by atoms with Gasteiger partial charge in [-0.15, -0.1) is 0 Å². The Kier molecular flexibility index (Phi) is 4.34. The maximum Gasteiger partial charge on any atom is 0.321 e. The minimum absolute atomic E-state index is 0.0959. The van der Waals surface area contributed by atoms with Crippen LogP contribution in [0.3, 0.4) is 0 Å². The summed E-state index contributed by atoms with van der Waals surface area (Å²) >= 11 is 0. The van der Waals surface area contributed by atoms with E-state index in [4.69, 9.17) is 0 Å². The minimum Gasteiger partial charge on any atom is -0.326 e. The predicted molar refractivity (Wildman–Crippen MR) is 102 cm³/mol. The average Bonchev–Trinajstić information content (AvgIpc) is 3.17. The summed E-state index contributed by atoms with van der Waals surface area (Å²) in [6, 6.07) is 13.4. The van der Waals surface area contributed by atoms with Gasteiger partial charge >= 0.3 is 6.03 Å². The van der Waals surface area contributed by atoms with Crippen molar-refractivity contribution in [1.29, 1.82) is 0 Å². The van der Waals surface area contributed by atoms with Crippen LogP contribution in [0.25, 0.3) is 0 Å². The highest BCUT2D eigenvalue weighted by Crippen LogP contribution is 2.58. The van der Waals surface area contributed by atoms with Gasteiger partial charge in [0.05, 0.1) is 0 Å². The number of carbonyl (C=O) groups is 2. The maximum atomic E-state index is 13.3. The number of likely N-dealkylation sites (tertiary alicyclic amines) is 1. The zero-order chi connectivity index (χ0) is 19.0. The van der Waals surface area contributed by atoms with Gasteiger partial charge in [0.1, 0.15) is 5.82 Å². The van der Waals surface area contributed by atoms with Crippen LogP contribution in [0.15, 0.2) is 48.5 Å². The fourth-order valence-electron chi connectivity index (χ4n) is 3.87. The number of amides is 3. The van der Waals surface area contributed by atoms with Gasteiger partial charge in [-0.25, -0.2) is 9.18 Å². The molecule has 27 heavy (non-hydrogen) atoms. The smallest absolute Gasteiger partial charge is 0.321 e. The summed E-state index contributed by atoms with van der Waals surface area (Å²) in [6.07, 6.45) is 1.58. The molecule has 1 saturated heterocycles. The topological polar surface area (TPSA) is 61.4 Å². The Bertz CT molecular complexity index is 883. The largest absolute Gasteiger partial charge is 0.326 e. The first-order valence-corrected chi connectivity index (χ1v) is 9.14. The molecular weight excluding hydrogens is 345 g/mol. The summed E-state index contributed by atoms with van der Waals surface area (Å²) < 4.78 is 13.3. The van der Waals surface area contributed by atoms with E-state index < -0.39 is 0 Å². The van der Waals surface area contributed by atoms with Crippen LogP contribution in [0.4, 0.5) is 20.6 Å². The first-order chi connectivity index (χ1) is 12.9. The molecule has 1 saturated carbocycles. The molecule has 2 N–H and O–H groups in total. The molecular formula is C21H22FN3O2. The standard InChI is InChI=1S/C21H22FN3O2/c1-14-5-7-16(8-6-14)24-20(27)25-10-9-21(13-25)12-18(21)19(26)23-17-4-2-3-15(22)11-17/h2-8,11,18H,9-10,12-13H2,1H3,(H,23,26)(H,24,27)/t18-,21-/m1/s1. The Hall–Kier alpha value is -2.89. The molecule has 5 nitrogen and oxygen atoms in total. The van der Waals surface area contributed by atoms with Crippen molar-refractivity contribution >= 4 is 23.3 Å². The second kappa shape index (κ2) is 6.68. The van der Waals surface area contributed by atoms with E-state index in [2.05, 4.69) is 10.6 Å². The summed E-state index contributed by atoms with van der Waals surface area (Å²) in [5, 5.41) is 5.70. The first kappa shape index (κ1) is 17.5. The zero-order valence-corrected chi connectivity index (χ0v) is 15.2. The second-order valence-corrected chi connectivity index (χ2v) is 7.59. The monoisotopic (exact) mass is 367 g/mol. The van der Waals surface area contributed by atoms with Gasteiger partial charge in [0, 0.05) is 35.8 Å². The van der Waals surface area contributed by atoms with Crippen molar-refractivity contribution in [3.05, 3.63) is 59.9 Å². The van der Waals surface area contributed by atoms with E-state index in [0.717, 1.165) is 24.1 Å². The van der Waals surface area contributed by atoms with E-state index in [9.17, 15) is 14.0 Å². The third-order valence-electron chi connectivity index (χ3n) is 5.57. The summed E-state index contributed by atoms with van der Waals surface area (Å²) in [6.45, 7) is 3.21. The van der Waals surface area contributed by atoms with Crippen LogP contribution >= 0.6 is 0 Å². The first-order valence-electron chi connectivity index (χ1n) is 9.14. The molecule has 2 atom stereocenters. The van der Waals surface area contributed by atoms with Gasteiger partial charge in [0.25, 0.3) is 0 Å². The van der Waals surface area contributed by atoms with Crippen LogP contribution in [-0.4, -0.2) is 29.9 Å². The molecule has 2 aliphatic rings. The maximum absolute atomic E-state index is 13.3. The lowest BCUT2D eigenvalue weighted by atomic mass is 10.0. The van der Waals surface area contributed by atoms with E-state index in [-0.39, 0.29) is 29.1 Å². The van der Waals surface area contributed by atoms with Crippen molar-refractivity contribution in [1.82, 2.24) is 4.90 Å². The summed E-state index contributed by atoms with van der Waals surface area (Å²) in [5.41, 5.74) is 2.23. The van der Waals surface area contributed by atoms with Crippen LogP contribution in [0.5, 0.6) is 0 Å². The average molecular weight is 367 g/mol. The molecule has 2 fully saturated rings. The number of carbonyl (C=O) groups excluding carboxylic acids is 2. The molecule has 1 heterocycles. The molecule has 4 rings (SSSR count). The lowest BCUT2D eigenvalue weighted by Gasteiger charge is -2.17. The third kappa shape index (κ3) is 3.65. The van der Waals surface area contributed by atoms with Crippen LogP contribution in [0.1, 0.15) is 18.4 Å². The van der Waals surface area contributed by atoms with Crippen LogP contribution in [0.2, 0.25) is 0 Å². The van der Waals surface area contributed by atoms with Gasteiger partial charge < -0.3 is 15.5 Å². The van der Waals surface area contributed by atoms with Gasteiger partial charge in [-0.2, -0.15) is 0 Å². The number of nitrogens with one attached hydrogen (secondary N) is 2. The number of rotatable bonds is 3. The molecule has 6 heteroatoms. The molecule has 1 aliphatic carbocycles. The van der Waals surface area contributed by atoms with Gasteiger partial charge in [-0.3, -0.25) is 4.79 Å². The Morgan fingerprint density at radius 2 is 1.89 bits per heavy atom. The van der Waals surface area contributed by atoms with Crippen molar-refractivity contribution in [3.63, 3.8) is 0 Å². The van der Waals surface area contributed by atoms with Crippen LogP contribution < -0.4 is 10.6 Å². The van der Waals surface area contributed by atoms with Gasteiger partial charge in [-0.05, 0) is 50.1 Å². The molecule has 2 aromatic carbocycles. The summed E-state index contributed by atoms with van der Waals surface area (Å²) in [7, 11) is 0. The van der Waals surface area contributed by atoms with Gasteiger partial charge in [0.2, 0.25) is 5.91 Å². The number of halogens is 1. The molecule has 0 bridgehead atoms. The highest BCUT2D eigenvalue weighted by molar-refractivity contribution is 5.95.